The lowest BCUT2D eigenvalue weighted by Gasteiger charge is -2.32. The van der Waals surface area contributed by atoms with Crippen molar-refractivity contribution < 1.29 is 19.1 Å². The summed E-state index contributed by atoms with van der Waals surface area (Å²) in [5, 5.41) is 2.88. The van der Waals surface area contributed by atoms with Gasteiger partial charge in [-0.1, -0.05) is 13.8 Å². The highest BCUT2D eigenvalue weighted by molar-refractivity contribution is 5.89. The number of esters is 1. The maximum Gasteiger partial charge on any atom is 0.325 e. The zero-order valence-corrected chi connectivity index (χ0v) is 13.2. The molecule has 6 heteroatoms. The lowest BCUT2D eigenvalue weighted by molar-refractivity contribution is -0.151. The smallest absolute Gasteiger partial charge is 0.325 e. The third kappa shape index (κ3) is 5.36. The topological polar surface area (TPSA) is 75.7 Å². The first-order chi connectivity index (χ1) is 10.0. The van der Waals surface area contributed by atoms with Crippen LogP contribution in [0.5, 0.6) is 0 Å². The largest absolute Gasteiger partial charge is 0.465 e. The fourth-order valence-electron chi connectivity index (χ4n) is 2.61. The predicted molar refractivity (Wildman–Crippen MR) is 78.4 cm³/mol. The van der Waals surface area contributed by atoms with Crippen LogP contribution in [0.4, 0.5) is 0 Å². The van der Waals surface area contributed by atoms with Crippen LogP contribution >= 0.6 is 0 Å². The average Bonchev–Trinajstić information content (AvgIpc) is 2.45. The highest BCUT2D eigenvalue weighted by atomic mass is 16.5. The van der Waals surface area contributed by atoms with E-state index in [1.165, 1.54) is 4.90 Å². The van der Waals surface area contributed by atoms with Gasteiger partial charge < -0.3 is 15.0 Å². The summed E-state index contributed by atoms with van der Waals surface area (Å²) in [6.07, 6.45) is 2.42. The van der Waals surface area contributed by atoms with E-state index in [2.05, 4.69) is 5.32 Å². The minimum Gasteiger partial charge on any atom is -0.465 e. The van der Waals surface area contributed by atoms with E-state index >= 15 is 0 Å². The van der Waals surface area contributed by atoms with Gasteiger partial charge in [0.05, 0.1) is 6.61 Å². The lowest BCUT2D eigenvalue weighted by Crippen LogP contribution is -2.48. The normalized spacial score (nSPS) is 21.6. The molecule has 1 aliphatic rings. The maximum absolute atomic E-state index is 12.6. The van der Waals surface area contributed by atoms with Crippen molar-refractivity contribution in [1.82, 2.24) is 10.2 Å². The quantitative estimate of drug-likeness (QED) is 0.714. The van der Waals surface area contributed by atoms with E-state index in [0.717, 1.165) is 12.8 Å². The third-order valence-electron chi connectivity index (χ3n) is 3.64. The number of hydrogen-bond donors (Lipinski definition) is 1. The van der Waals surface area contributed by atoms with Gasteiger partial charge in [0.15, 0.2) is 0 Å². The summed E-state index contributed by atoms with van der Waals surface area (Å²) in [5.41, 5.74) is 0. The molecule has 0 aliphatic carbocycles. The lowest BCUT2D eigenvalue weighted by atomic mass is 9.89. The molecule has 0 saturated carbocycles. The molecule has 2 amide bonds. The van der Waals surface area contributed by atoms with Gasteiger partial charge in [-0.2, -0.15) is 0 Å². The number of hydrogen-bond acceptors (Lipinski definition) is 4. The fraction of sp³-hybridized carbons (Fsp3) is 0.800. The van der Waals surface area contributed by atoms with Gasteiger partial charge in [-0.15, -0.1) is 0 Å². The van der Waals surface area contributed by atoms with E-state index in [4.69, 9.17) is 4.74 Å². The molecule has 1 saturated heterocycles. The molecule has 1 aliphatic heterocycles. The van der Waals surface area contributed by atoms with Gasteiger partial charge in [-0.3, -0.25) is 14.4 Å². The van der Waals surface area contributed by atoms with Crippen molar-refractivity contribution in [2.24, 2.45) is 5.92 Å². The predicted octanol–water partition coefficient (Wildman–Crippen LogP) is 1.09. The van der Waals surface area contributed by atoms with E-state index in [9.17, 15) is 14.4 Å². The Labute approximate surface area is 126 Å². The van der Waals surface area contributed by atoms with Crippen LogP contribution in [-0.4, -0.2) is 48.4 Å². The molecule has 0 aromatic carbocycles. The van der Waals surface area contributed by atoms with Gasteiger partial charge in [0.1, 0.15) is 6.54 Å². The molecule has 1 N–H and O–H groups in total. The zero-order valence-electron chi connectivity index (χ0n) is 13.2. The Balaban J connectivity index is 2.70. The highest BCUT2D eigenvalue weighted by Gasteiger charge is 2.33. The summed E-state index contributed by atoms with van der Waals surface area (Å²) in [6.45, 7) is 6.45. The highest BCUT2D eigenvalue weighted by Crippen LogP contribution is 2.21. The summed E-state index contributed by atoms with van der Waals surface area (Å²) in [7, 11) is 0. The first kappa shape index (κ1) is 17.5. The second-order valence-electron chi connectivity index (χ2n) is 5.37. The molecule has 0 aromatic rings. The van der Waals surface area contributed by atoms with E-state index in [1.807, 2.05) is 13.8 Å². The number of carbonyl (C=O) groups excluding carboxylic acids is 3. The van der Waals surface area contributed by atoms with Gasteiger partial charge in [0.25, 0.3) is 0 Å². The van der Waals surface area contributed by atoms with Crippen molar-refractivity contribution in [3.8, 4) is 0 Å². The molecule has 120 valence electrons. The molecule has 2 atom stereocenters. The molecule has 1 fully saturated rings. The monoisotopic (exact) mass is 298 g/mol. The molecule has 0 radical (unpaired) electrons. The number of nitrogens with one attached hydrogen (secondary N) is 1. The summed E-state index contributed by atoms with van der Waals surface area (Å²) >= 11 is 0. The van der Waals surface area contributed by atoms with E-state index < -0.39 is 5.97 Å². The second-order valence-corrected chi connectivity index (χ2v) is 5.37. The van der Waals surface area contributed by atoms with Gasteiger partial charge >= 0.3 is 5.97 Å². The van der Waals surface area contributed by atoms with Crippen LogP contribution in [0, 0.1) is 5.92 Å². The van der Waals surface area contributed by atoms with Crippen LogP contribution in [0.15, 0.2) is 0 Å². The number of piperidine rings is 1. The van der Waals surface area contributed by atoms with E-state index in [-0.39, 0.29) is 36.7 Å². The van der Waals surface area contributed by atoms with E-state index in [1.54, 1.807) is 6.92 Å². The van der Waals surface area contributed by atoms with Crippen molar-refractivity contribution in [1.29, 1.82) is 0 Å². The second kappa shape index (κ2) is 8.64. The van der Waals surface area contributed by atoms with Gasteiger partial charge in [0.2, 0.25) is 11.8 Å². The minimum absolute atomic E-state index is 0.0323. The molecule has 0 unspecified atom stereocenters. The molecule has 1 rings (SSSR count). The summed E-state index contributed by atoms with van der Waals surface area (Å²) in [6, 6.07) is 0.0475. The van der Waals surface area contributed by atoms with Crippen molar-refractivity contribution >= 4 is 17.8 Å². The fourth-order valence-corrected chi connectivity index (χ4v) is 2.61. The van der Waals surface area contributed by atoms with E-state index in [0.29, 0.717) is 19.6 Å². The molecule has 0 aromatic heterocycles. The maximum atomic E-state index is 12.6. The summed E-state index contributed by atoms with van der Waals surface area (Å²) in [5.74, 6) is -0.923. The molecular formula is C15H26N2O4. The number of nitrogens with zero attached hydrogens (tertiary/aromatic N) is 1. The molecule has 1 heterocycles. The van der Waals surface area contributed by atoms with Crippen molar-refractivity contribution in [2.75, 3.05) is 19.7 Å². The standard InChI is InChI=1S/C15H26N2O4/c1-4-7-17(10-14(19)21-6-3)15(20)11-8-12(5-2)16-13(18)9-11/h11-12H,4-10H2,1-3H3,(H,16,18)/t11-,12+/m0/s1. The average molecular weight is 298 g/mol. The van der Waals surface area contributed by atoms with Crippen LogP contribution in [0.25, 0.3) is 0 Å². The number of ether oxygens (including phenoxy) is 1. The van der Waals surface area contributed by atoms with Crippen molar-refractivity contribution in [2.45, 2.75) is 52.5 Å². The Morgan fingerprint density at radius 3 is 2.62 bits per heavy atom. The zero-order chi connectivity index (χ0) is 15.8. The molecule has 6 nitrogen and oxygen atoms in total. The minimum atomic E-state index is -0.397. The van der Waals surface area contributed by atoms with Crippen LogP contribution in [0.3, 0.4) is 0 Å². The Bertz CT molecular complexity index is 384. The van der Waals surface area contributed by atoms with Gasteiger partial charge in [-0.05, 0) is 26.2 Å². The Kier molecular flexibility index (Phi) is 7.19. The number of rotatable bonds is 7. The molecule has 0 spiro atoms. The third-order valence-corrected chi connectivity index (χ3v) is 3.64. The van der Waals surface area contributed by atoms with Crippen LogP contribution < -0.4 is 5.32 Å². The van der Waals surface area contributed by atoms with Crippen molar-refractivity contribution in [3.63, 3.8) is 0 Å². The molecule has 0 bridgehead atoms. The number of carbonyl (C=O) groups is 3. The van der Waals surface area contributed by atoms with Crippen molar-refractivity contribution in [3.05, 3.63) is 0 Å². The summed E-state index contributed by atoms with van der Waals surface area (Å²) < 4.78 is 4.91. The number of amides is 2. The Morgan fingerprint density at radius 1 is 1.33 bits per heavy atom. The van der Waals surface area contributed by atoms with Crippen LogP contribution in [-0.2, 0) is 19.1 Å². The Morgan fingerprint density at radius 2 is 2.05 bits per heavy atom. The molecule has 21 heavy (non-hydrogen) atoms. The molecular weight excluding hydrogens is 272 g/mol. The SMILES string of the molecule is CCCN(CC(=O)OCC)C(=O)[C@@H]1CC(=O)N[C@H](CC)C1. The van der Waals surface area contributed by atoms with Crippen LogP contribution in [0.1, 0.15) is 46.5 Å². The Hall–Kier alpha value is -1.59. The first-order valence-corrected chi connectivity index (χ1v) is 7.75. The first-order valence-electron chi connectivity index (χ1n) is 7.75. The van der Waals surface area contributed by atoms with Crippen LogP contribution in [0.2, 0.25) is 0 Å². The van der Waals surface area contributed by atoms with Gasteiger partial charge in [0, 0.05) is 24.9 Å². The van der Waals surface area contributed by atoms with Gasteiger partial charge in [-0.25, -0.2) is 0 Å². The summed E-state index contributed by atoms with van der Waals surface area (Å²) in [4.78, 5) is 37.4.